The van der Waals surface area contributed by atoms with E-state index in [9.17, 15) is 4.79 Å². The number of nitrogens with zero attached hydrogens (tertiary/aromatic N) is 3. The van der Waals surface area contributed by atoms with Gasteiger partial charge in [-0.3, -0.25) is 14.1 Å². The van der Waals surface area contributed by atoms with Crippen molar-refractivity contribution in [3.8, 4) is 5.69 Å². The predicted molar refractivity (Wildman–Crippen MR) is 94.1 cm³/mol. The predicted octanol–water partition coefficient (Wildman–Crippen LogP) is 3.70. The number of aryl methyl sites for hydroxylation is 2. The number of fused-ring (bicyclic) bond motifs is 1. The lowest BCUT2D eigenvalue weighted by molar-refractivity contribution is 0.376. The minimum atomic E-state index is -0.0459. The molecular weight excluding hydrogens is 286 g/mol. The van der Waals surface area contributed by atoms with E-state index in [4.69, 9.17) is 0 Å². The first-order chi connectivity index (χ1) is 10.9. The highest BCUT2D eigenvalue weighted by molar-refractivity contribution is 5.77. The third kappa shape index (κ3) is 3.07. The molecule has 0 radical (unpaired) electrons. The Hall–Kier alpha value is -2.36. The van der Waals surface area contributed by atoms with Gasteiger partial charge in [0.15, 0.2) is 0 Å². The van der Waals surface area contributed by atoms with Gasteiger partial charge in [0, 0.05) is 12.7 Å². The average molecular weight is 309 g/mol. The minimum absolute atomic E-state index is 0.0459. The molecule has 1 aromatic carbocycles. The van der Waals surface area contributed by atoms with E-state index in [-0.39, 0.29) is 5.69 Å². The van der Waals surface area contributed by atoms with Crippen molar-refractivity contribution in [2.45, 2.75) is 33.6 Å². The number of benzene rings is 1. The van der Waals surface area contributed by atoms with Crippen LogP contribution in [0.3, 0.4) is 0 Å². The molecule has 0 unspecified atom stereocenters. The second kappa shape index (κ2) is 5.69. The summed E-state index contributed by atoms with van der Waals surface area (Å²) in [5.74, 6) is 0. The van der Waals surface area contributed by atoms with Gasteiger partial charge in [-0.2, -0.15) is 0 Å². The zero-order valence-electron chi connectivity index (χ0n) is 14.2. The Kier molecular flexibility index (Phi) is 3.84. The highest BCUT2D eigenvalue weighted by Gasteiger charge is 2.13. The number of hydrogen-bond donors (Lipinski definition) is 0. The molecule has 4 heteroatoms. The van der Waals surface area contributed by atoms with Crippen LogP contribution in [0.4, 0.5) is 0 Å². The number of aromatic nitrogens is 3. The topological polar surface area (TPSA) is 39.8 Å². The summed E-state index contributed by atoms with van der Waals surface area (Å²) in [6, 6.07) is 11.8. The minimum Gasteiger partial charge on any atom is -0.295 e. The molecule has 0 aliphatic heterocycles. The molecule has 0 saturated heterocycles. The van der Waals surface area contributed by atoms with Gasteiger partial charge in [0.25, 0.3) is 0 Å². The largest absolute Gasteiger partial charge is 0.333 e. The van der Waals surface area contributed by atoms with Crippen molar-refractivity contribution in [2.24, 2.45) is 12.5 Å². The molecule has 23 heavy (non-hydrogen) atoms. The third-order valence-corrected chi connectivity index (χ3v) is 4.16. The van der Waals surface area contributed by atoms with Gasteiger partial charge >= 0.3 is 5.69 Å². The van der Waals surface area contributed by atoms with Gasteiger partial charge in [-0.25, -0.2) is 4.79 Å². The molecule has 2 heterocycles. The number of hydrogen-bond acceptors (Lipinski definition) is 2. The lowest BCUT2D eigenvalue weighted by Crippen LogP contribution is -2.21. The molecule has 120 valence electrons. The van der Waals surface area contributed by atoms with Crippen molar-refractivity contribution in [1.29, 1.82) is 0 Å². The Morgan fingerprint density at radius 1 is 1.04 bits per heavy atom. The van der Waals surface area contributed by atoms with Gasteiger partial charge in [-0.05, 0) is 42.5 Å². The smallest absolute Gasteiger partial charge is 0.295 e. The lowest BCUT2D eigenvalue weighted by atomic mass is 9.90. The number of pyridine rings is 1. The van der Waals surface area contributed by atoms with E-state index in [1.807, 2.05) is 36.4 Å². The maximum absolute atomic E-state index is 12.5. The van der Waals surface area contributed by atoms with Crippen LogP contribution in [0.25, 0.3) is 16.7 Å². The first-order valence-corrected chi connectivity index (χ1v) is 7.98. The summed E-state index contributed by atoms with van der Waals surface area (Å²) in [6.07, 6.45) is 3.84. The Balaban J connectivity index is 1.97. The molecule has 0 saturated carbocycles. The van der Waals surface area contributed by atoms with E-state index < -0.39 is 0 Å². The maximum atomic E-state index is 12.5. The van der Waals surface area contributed by atoms with Crippen molar-refractivity contribution in [1.82, 2.24) is 14.1 Å². The first-order valence-electron chi connectivity index (χ1n) is 7.98. The van der Waals surface area contributed by atoms with Gasteiger partial charge in [0.05, 0.1) is 22.9 Å². The van der Waals surface area contributed by atoms with Crippen molar-refractivity contribution in [2.75, 3.05) is 0 Å². The number of para-hydroxylation sites is 2. The molecule has 0 N–H and O–H groups in total. The summed E-state index contributed by atoms with van der Waals surface area (Å²) in [5, 5.41) is 0. The summed E-state index contributed by atoms with van der Waals surface area (Å²) in [5.41, 5.74) is 3.96. The highest BCUT2D eigenvalue weighted by atomic mass is 16.1. The monoisotopic (exact) mass is 309 g/mol. The molecule has 3 aromatic rings. The molecule has 0 spiro atoms. The lowest BCUT2D eigenvalue weighted by Gasteiger charge is -2.17. The molecule has 0 atom stereocenters. The van der Waals surface area contributed by atoms with Gasteiger partial charge in [0.1, 0.15) is 0 Å². The third-order valence-electron chi connectivity index (χ3n) is 4.16. The second-order valence-corrected chi connectivity index (χ2v) is 7.23. The van der Waals surface area contributed by atoms with Crippen LogP contribution in [0, 0.1) is 5.41 Å². The molecule has 4 nitrogen and oxygen atoms in total. The highest BCUT2D eigenvalue weighted by Crippen LogP contribution is 2.21. The average Bonchev–Trinajstić information content (AvgIpc) is 2.77. The molecule has 3 rings (SSSR count). The summed E-state index contributed by atoms with van der Waals surface area (Å²) >= 11 is 0. The quantitative estimate of drug-likeness (QED) is 0.740. The van der Waals surface area contributed by atoms with Crippen molar-refractivity contribution in [3.05, 3.63) is 58.8 Å². The van der Waals surface area contributed by atoms with Crippen LogP contribution in [-0.4, -0.2) is 14.1 Å². The van der Waals surface area contributed by atoms with E-state index in [0.717, 1.165) is 35.3 Å². The first kappa shape index (κ1) is 15.5. The Bertz CT molecular complexity index is 880. The van der Waals surface area contributed by atoms with Crippen LogP contribution >= 0.6 is 0 Å². The van der Waals surface area contributed by atoms with Crippen LogP contribution in [0.5, 0.6) is 0 Å². The fraction of sp³-hybridized carbons (Fsp3) is 0.368. The Morgan fingerprint density at radius 2 is 1.74 bits per heavy atom. The van der Waals surface area contributed by atoms with Crippen molar-refractivity contribution < 1.29 is 0 Å². The number of rotatable bonds is 3. The van der Waals surface area contributed by atoms with E-state index in [1.54, 1.807) is 22.4 Å². The van der Waals surface area contributed by atoms with Crippen LogP contribution in [-0.2, 0) is 13.5 Å². The molecule has 0 bridgehead atoms. The zero-order valence-corrected chi connectivity index (χ0v) is 14.2. The van der Waals surface area contributed by atoms with E-state index in [2.05, 4.69) is 25.8 Å². The molecule has 0 aliphatic rings. The SMILES string of the molecule is Cn1c(=O)n(-c2ccc(CCC(C)(C)C)nc2)c2ccccc21. The second-order valence-electron chi connectivity index (χ2n) is 7.23. The molecule has 0 amide bonds. The molecule has 0 aliphatic carbocycles. The van der Waals surface area contributed by atoms with Crippen LogP contribution in [0.15, 0.2) is 47.4 Å². The Morgan fingerprint density at radius 3 is 2.35 bits per heavy atom. The van der Waals surface area contributed by atoms with E-state index in [1.165, 1.54) is 0 Å². The maximum Gasteiger partial charge on any atom is 0.333 e. The van der Waals surface area contributed by atoms with Crippen molar-refractivity contribution >= 4 is 11.0 Å². The van der Waals surface area contributed by atoms with Gasteiger partial charge in [0.2, 0.25) is 0 Å². The number of imidazole rings is 1. The van der Waals surface area contributed by atoms with Gasteiger partial charge in [-0.1, -0.05) is 32.9 Å². The van der Waals surface area contributed by atoms with Crippen LogP contribution in [0.1, 0.15) is 32.9 Å². The van der Waals surface area contributed by atoms with Crippen LogP contribution < -0.4 is 5.69 Å². The van der Waals surface area contributed by atoms with Crippen molar-refractivity contribution in [3.63, 3.8) is 0 Å². The summed E-state index contributed by atoms with van der Waals surface area (Å²) < 4.78 is 3.39. The molecular formula is C19H23N3O. The molecule has 0 fully saturated rings. The zero-order chi connectivity index (χ0) is 16.6. The fourth-order valence-corrected chi connectivity index (χ4v) is 2.74. The summed E-state index contributed by atoms with van der Waals surface area (Å²) in [7, 11) is 1.80. The normalized spacial score (nSPS) is 12.0. The van der Waals surface area contributed by atoms with Crippen LogP contribution in [0.2, 0.25) is 0 Å². The fourth-order valence-electron chi connectivity index (χ4n) is 2.74. The van der Waals surface area contributed by atoms with Gasteiger partial charge < -0.3 is 0 Å². The Labute approximate surface area is 136 Å². The summed E-state index contributed by atoms with van der Waals surface area (Å²) in [6.45, 7) is 6.70. The molecule has 2 aromatic heterocycles. The summed E-state index contributed by atoms with van der Waals surface area (Å²) in [4.78, 5) is 17.1. The van der Waals surface area contributed by atoms with Gasteiger partial charge in [-0.15, -0.1) is 0 Å². The standard InChI is InChI=1S/C19H23N3O/c1-19(2,3)12-11-14-9-10-15(13-20-14)22-17-8-6-5-7-16(17)21(4)18(22)23/h5-10,13H,11-12H2,1-4H3. The van der Waals surface area contributed by atoms with E-state index >= 15 is 0 Å². The van der Waals surface area contributed by atoms with E-state index in [0.29, 0.717) is 5.41 Å².